The van der Waals surface area contributed by atoms with E-state index in [4.69, 9.17) is 9.47 Å². The Morgan fingerprint density at radius 1 is 0.947 bits per heavy atom. The Bertz CT molecular complexity index is 1140. The van der Waals surface area contributed by atoms with Gasteiger partial charge in [0, 0.05) is 38.6 Å². The molecule has 0 bridgehead atoms. The fraction of sp³-hybridized carbons (Fsp3) is 0.406. The summed E-state index contributed by atoms with van der Waals surface area (Å²) >= 11 is 0. The van der Waals surface area contributed by atoms with Crippen LogP contribution in [-0.4, -0.2) is 47.3 Å². The highest BCUT2D eigenvalue weighted by molar-refractivity contribution is 5.71. The van der Waals surface area contributed by atoms with Gasteiger partial charge in [-0.2, -0.15) is 0 Å². The molecule has 38 heavy (non-hydrogen) atoms. The zero-order valence-corrected chi connectivity index (χ0v) is 23.6. The van der Waals surface area contributed by atoms with Crippen molar-refractivity contribution in [2.75, 3.05) is 19.7 Å². The number of nitrogens with one attached hydrogen (secondary N) is 1. The van der Waals surface area contributed by atoms with Gasteiger partial charge >= 0.3 is 5.97 Å². The highest BCUT2D eigenvalue weighted by atomic mass is 16.5. The van der Waals surface area contributed by atoms with Gasteiger partial charge in [-0.3, -0.25) is 9.69 Å². The predicted octanol–water partition coefficient (Wildman–Crippen LogP) is 5.35. The Morgan fingerprint density at radius 3 is 2.03 bits per heavy atom. The maximum atomic E-state index is 11.4. The summed E-state index contributed by atoms with van der Waals surface area (Å²) in [5.41, 5.74) is 4.88. The average Bonchev–Trinajstić information content (AvgIpc) is 2.87. The van der Waals surface area contributed by atoms with Crippen molar-refractivity contribution >= 4 is 5.97 Å². The van der Waals surface area contributed by atoms with Crippen LogP contribution in [0.3, 0.4) is 0 Å². The lowest BCUT2D eigenvalue weighted by atomic mass is 10.0. The molecule has 0 aliphatic carbocycles. The van der Waals surface area contributed by atoms with Crippen molar-refractivity contribution < 1.29 is 19.4 Å². The molecule has 0 spiro atoms. The minimum absolute atomic E-state index is 0.160. The van der Waals surface area contributed by atoms with E-state index in [0.717, 1.165) is 36.3 Å². The molecule has 3 aromatic carbocycles. The van der Waals surface area contributed by atoms with Crippen LogP contribution in [0.2, 0.25) is 0 Å². The van der Waals surface area contributed by atoms with Crippen LogP contribution in [0.5, 0.6) is 11.5 Å². The minimum atomic E-state index is -0.681. The normalized spacial score (nSPS) is 12.4. The van der Waals surface area contributed by atoms with Gasteiger partial charge in [-0.05, 0) is 68.5 Å². The van der Waals surface area contributed by atoms with Gasteiger partial charge in [0.1, 0.15) is 24.2 Å². The Morgan fingerprint density at radius 2 is 1.50 bits per heavy atom. The van der Waals surface area contributed by atoms with E-state index < -0.39 is 6.10 Å². The Hall–Kier alpha value is -3.19. The molecule has 1 unspecified atom stereocenters. The highest BCUT2D eigenvalue weighted by Crippen LogP contribution is 2.33. The number of benzene rings is 3. The number of ether oxygens (including phenoxy) is 2. The maximum Gasteiger partial charge on any atom is 0.308 e. The van der Waals surface area contributed by atoms with E-state index in [0.29, 0.717) is 18.0 Å². The monoisotopic (exact) mass is 518 g/mol. The molecule has 204 valence electrons. The molecule has 6 nitrogen and oxygen atoms in total. The van der Waals surface area contributed by atoms with Crippen LogP contribution in [0.25, 0.3) is 0 Å². The van der Waals surface area contributed by atoms with Crippen molar-refractivity contribution in [2.24, 2.45) is 0 Å². The smallest absolute Gasteiger partial charge is 0.308 e. The molecule has 2 N–H and O–H groups in total. The van der Waals surface area contributed by atoms with Crippen molar-refractivity contribution in [3.63, 3.8) is 0 Å². The second-order valence-corrected chi connectivity index (χ2v) is 10.7. The second-order valence-electron chi connectivity index (χ2n) is 10.7. The van der Waals surface area contributed by atoms with E-state index >= 15 is 0 Å². The van der Waals surface area contributed by atoms with Crippen molar-refractivity contribution in [2.45, 2.75) is 66.3 Å². The fourth-order valence-corrected chi connectivity index (χ4v) is 4.58. The quantitative estimate of drug-likeness (QED) is 0.235. The zero-order chi connectivity index (χ0) is 27.7. The lowest BCUT2D eigenvalue weighted by Crippen LogP contribution is -2.51. The summed E-state index contributed by atoms with van der Waals surface area (Å²) in [6, 6.07) is 22.9. The SMILES string of the molecule is CC(=O)Oc1c(C)cc(OCC(O)CNC(C)(C)CN(Cc2ccccc2)Cc2ccccc2)c(C)c1C. The number of nitrogens with zero attached hydrogens (tertiary/aromatic N) is 1. The second kappa shape index (κ2) is 13.6. The number of carbonyl (C=O) groups is 1. The standard InChI is InChI=1S/C32H42N2O4/c1-23-17-30(24(2)25(3)31(23)38-26(4)35)37-21-29(36)18-33-32(5,6)22-34(19-27-13-9-7-10-14-27)20-28-15-11-8-12-16-28/h7-17,29,33,36H,18-22H2,1-6H3. The Labute approximate surface area is 227 Å². The number of aliphatic hydroxyl groups is 1. The van der Waals surface area contributed by atoms with Crippen molar-refractivity contribution in [1.82, 2.24) is 10.2 Å². The predicted molar refractivity (Wildman–Crippen MR) is 153 cm³/mol. The molecule has 0 amide bonds. The summed E-state index contributed by atoms with van der Waals surface area (Å²) in [6.45, 7) is 14.5. The number of β-amino-alcohol motifs (C(OH)–C–C–N with tert-alkyl or cyclic N) is 1. The van der Waals surface area contributed by atoms with Gasteiger partial charge < -0.3 is 19.9 Å². The summed E-state index contributed by atoms with van der Waals surface area (Å²) in [5.74, 6) is 0.910. The van der Waals surface area contributed by atoms with Gasteiger partial charge in [0.2, 0.25) is 0 Å². The number of hydrogen-bond acceptors (Lipinski definition) is 6. The maximum absolute atomic E-state index is 11.4. The van der Waals surface area contributed by atoms with Crippen LogP contribution in [0, 0.1) is 20.8 Å². The van der Waals surface area contributed by atoms with Crippen molar-refractivity contribution in [1.29, 1.82) is 0 Å². The number of hydrogen-bond donors (Lipinski definition) is 2. The third-order valence-electron chi connectivity index (χ3n) is 6.59. The number of aliphatic hydroxyl groups excluding tert-OH is 1. The average molecular weight is 519 g/mol. The number of aryl methyl sites for hydroxylation is 1. The van der Waals surface area contributed by atoms with E-state index in [-0.39, 0.29) is 18.1 Å². The summed E-state index contributed by atoms with van der Waals surface area (Å²) in [7, 11) is 0. The molecular formula is C32H42N2O4. The molecule has 0 fully saturated rings. The molecule has 0 saturated carbocycles. The molecule has 0 aromatic heterocycles. The molecule has 3 aromatic rings. The Balaban J connectivity index is 1.58. The number of esters is 1. The van der Waals surface area contributed by atoms with Gasteiger partial charge in [-0.25, -0.2) is 0 Å². The van der Waals surface area contributed by atoms with Gasteiger partial charge in [0.25, 0.3) is 0 Å². The summed E-state index contributed by atoms with van der Waals surface area (Å²) < 4.78 is 11.3. The molecule has 0 saturated heterocycles. The number of rotatable bonds is 13. The molecule has 6 heteroatoms. The first kappa shape index (κ1) is 29.4. The molecule has 3 rings (SSSR count). The minimum Gasteiger partial charge on any atom is -0.491 e. The topological polar surface area (TPSA) is 71.0 Å². The molecular weight excluding hydrogens is 476 g/mol. The van der Waals surface area contributed by atoms with E-state index in [9.17, 15) is 9.90 Å². The fourth-order valence-electron chi connectivity index (χ4n) is 4.58. The molecule has 1 atom stereocenters. The summed E-state index contributed by atoms with van der Waals surface area (Å²) in [6.07, 6.45) is -0.681. The summed E-state index contributed by atoms with van der Waals surface area (Å²) in [4.78, 5) is 13.9. The third kappa shape index (κ3) is 8.98. The first-order valence-electron chi connectivity index (χ1n) is 13.2. The summed E-state index contributed by atoms with van der Waals surface area (Å²) in [5, 5.41) is 14.2. The van der Waals surface area contributed by atoms with E-state index in [1.807, 2.05) is 39.0 Å². The molecule has 0 heterocycles. The van der Waals surface area contributed by atoms with Crippen molar-refractivity contribution in [3.05, 3.63) is 94.5 Å². The zero-order valence-electron chi connectivity index (χ0n) is 23.6. The first-order chi connectivity index (χ1) is 18.0. The van der Waals surface area contributed by atoms with Crippen LogP contribution in [0.1, 0.15) is 48.6 Å². The van der Waals surface area contributed by atoms with Gasteiger partial charge in [-0.15, -0.1) is 0 Å². The third-order valence-corrected chi connectivity index (χ3v) is 6.59. The van der Waals surface area contributed by atoms with E-state index in [2.05, 4.69) is 72.6 Å². The van der Waals surface area contributed by atoms with Crippen LogP contribution in [0.4, 0.5) is 0 Å². The van der Waals surface area contributed by atoms with Crippen LogP contribution < -0.4 is 14.8 Å². The molecule has 0 radical (unpaired) electrons. The molecule has 0 aliphatic heterocycles. The Kier molecular flexibility index (Phi) is 10.5. The van der Waals surface area contributed by atoms with Crippen molar-refractivity contribution in [3.8, 4) is 11.5 Å². The van der Waals surface area contributed by atoms with E-state index in [1.54, 1.807) is 0 Å². The first-order valence-corrected chi connectivity index (χ1v) is 13.2. The van der Waals surface area contributed by atoms with Crippen LogP contribution in [-0.2, 0) is 17.9 Å². The highest BCUT2D eigenvalue weighted by Gasteiger charge is 2.23. The largest absolute Gasteiger partial charge is 0.491 e. The lowest BCUT2D eigenvalue weighted by molar-refractivity contribution is -0.131. The van der Waals surface area contributed by atoms with Gasteiger partial charge in [0.15, 0.2) is 0 Å². The van der Waals surface area contributed by atoms with Crippen LogP contribution >= 0.6 is 0 Å². The van der Waals surface area contributed by atoms with Gasteiger partial charge in [-0.1, -0.05) is 60.7 Å². The molecule has 0 aliphatic rings. The van der Waals surface area contributed by atoms with Crippen LogP contribution in [0.15, 0.2) is 66.7 Å². The van der Waals surface area contributed by atoms with Gasteiger partial charge in [0.05, 0.1) is 0 Å². The van der Waals surface area contributed by atoms with E-state index in [1.165, 1.54) is 18.1 Å². The number of carbonyl (C=O) groups excluding carboxylic acids is 1. The lowest BCUT2D eigenvalue weighted by Gasteiger charge is -2.34.